The van der Waals surface area contributed by atoms with Crippen molar-refractivity contribution in [3.63, 3.8) is 0 Å². The van der Waals surface area contributed by atoms with Gasteiger partial charge in [-0.1, -0.05) is 53.0 Å². The molecule has 0 bridgehead atoms. The van der Waals surface area contributed by atoms with Crippen molar-refractivity contribution in [1.82, 2.24) is 0 Å². The molecular weight excluding hydrogens is 410 g/mol. The number of nitrogens with zero attached hydrogens (tertiary/aromatic N) is 3. The van der Waals surface area contributed by atoms with E-state index in [1.54, 1.807) is 12.1 Å². The molecule has 0 amide bonds. The van der Waals surface area contributed by atoms with Crippen molar-refractivity contribution in [3.05, 3.63) is 72.5 Å². The number of alkyl halides is 3. The largest absolute Gasteiger partial charge is 0.407 e. The van der Waals surface area contributed by atoms with Crippen LogP contribution in [-0.2, 0) is 12.6 Å². The van der Waals surface area contributed by atoms with Gasteiger partial charge in [0.1, 0.15) is 12.1 Å². The first-order valence-electron chi connectivity index (χ1n) is 6.72. The first-order chi connectivity index (χ1) is 12.1. The Hall–Kier alpha value is -2.43. The Morgan fingerprint density at radius 3 is 2.08 bits per heavy atom. The number of benzene rings is 2. The average molecular weight is 415 g/mol. The Morgan fingerprint density at radius 1 is 1.00 bits per heavy atom. The van der Waals surface area contributed by atoms with Gasteiger partial charge in [-0.05, 0) is 11.1 Å². The van der Waals surface area contributed by atoms with E-state index >= 15 is 0 Å². The fourth-order valence-corrected chi connectivity index (χ4v) is 3.14. The zero-order valence-electron chi connectivity index (χ0n) is 12.5. The van der Waals surface area contributed by atoms with Crippen molar-refractivity contribution in [2.45, 2.75) is 12.6 Å². The molecule has 0 heterocycles. The van der Waals surface area contributed by atoms with Crippen molar-refractivity contribution in [2.75, 3.05) is 0 Å². The summed E-state index contributed by atoms with van der Waals surface area (Å²) in [6.45, 7) is 6.85. The number of nitriles is 2. The molecule has 0 aliphatic heterocycles. The van der Waals surface area contributed by atoms with Crippen molar-refractivity contribution in [2.24, 2.45) is 0 Å². The van der Waals surface area contributed by atoms with Gasteiger partial charge in [0.15, 0.2) is 5.69 Å². The lowest BCUT2D eigenvalue weighted by molar-refractivity contribution is -0.136. The molecule has 2 rings (SSSR count). The van der Waals surface area contributed by atoms with E-state index in [4.69, 9.17) is 46.6 Å². The van der Waals surface area contributed by atoms with Gasteiger partial charge in [-0.3, -0.25) is 0 Å². The topological polar surface area (TPSA) is 51.9 Å². The normalized spacial score (nSPS) is 10.7. The lowest BCUT2D eigenvalue weighted by Gasteiger charge is -2.14. The molecule has 0 aliphatic rings. The van der Waals surface area contributed by atoms with Gasteiger partial charge in [0, 0.05) is 6.42 Å². The second-order valence-corrected chi connectivity index (χ2v) is 6.17. The van der Waals surface area contributed by atoms with Crippen LogP contribution in [0.5, 0.6) is 0 Å². The SMILES string of the molecule is [C-]#[N+]c1ccc(Cc2c(Cl)c(C#N)c(Cl)c(Cl)c2C#N)cc1C(F)(F)F. The summed E-state index contributed by atoms with van der Waals surface area (Å²) >= 11 is 18.0. The van der Waals surface area contributed by atoms with Gasteiger partial charge in [0.2, 0.25) is 0 Å². The van der Waals surface area contributed by atoms with Crippen LogP contribution in [0.25, 0.3) is 4.85 Å². The minimum absolute atomic E-state index is 0.0869. The van der Waals surface area contributed by atoms with E-state index in [1.807, 2.05) is 0 Å². The van der Waals surface area contributed by atoms with Crippen molar-refractivity contribution in [3.8, 4) is 12.1 Å². The summed E-state index contributed by atoms with van der Waals surface area (Å²) < 4.78 is 39.3. The third kappa shape index (κ3) is 3.57. The maximum absolute atomic E-state index is 13.1. The molecule has 3 nitrogen and oxygen atoms in total. The molecule has 9 heteroatoms. The monoisotopic (exact) mass is 413 g/mol. The fourth-order valence-electron chi connectivity index (χ4n) is 2.31. The highest BCUT2D eigenvalue weighted by Gasteiger charge is 2.33. The van der Waals surface area contributed by atoms with Crippen LogP contribution in [0.4, 0.5) is 18.9 Å². The number of hydrogen-bond acceptors (Lipinski definition) is 2. The first-order valence-corrected chi connectivity index (χ1v) is 7.86. The van der Waals surface area contributed by atoms with Crippen molar-refractivity contribution in [1.29, 1.82) is 10.5 Å². The highest BCUT2D eigenvalue weighted by Crippen LogP contribution is 2.40. The van der Waals surface area contributed by atoms with E-state index < -0.39 is 17.4 Å². The summed E-state index contributed by atoms with van der Waals surface area (Å²) in [5.74, 6) is 0. The third-order valence-electron chi connectivity index (χ3n) is 3.51. The van der Waals surface area contributed by atoms with Crippen molar-refractivity contribution < 1.29 is 13.2 Å². The lowest BCUT2D eigenvalue weighted by atomic mass is 9.96. The third-order valence-corrected chi connectivity index (χ3v) is 4.78. The molecule has 2 aromatic carbocycles. The summed E-state index contributed by atoms with van der Waals surface area (Å²) in [6, 6.07) is 6.72. The van der Waals surface area contributed by atoms with Crippen LogP contribution in [0.3, 0.4) is 0 Å². The molecule has 0 fully saturated rings. The number of halogens is 6. The van der Waals surface area contributed by atoms with Gasteiger partial charge in [-0.25, -0.2) is 4.85 Å². The summed E-state index contributed by atoms with van der Waals surface area (Å²) in [6.07, 6.45) is -4.91. The molecular formula is C17H5Cl3F3N3. The molecule has 2 aromatic rings. The predicted octanol–water partition coefficient (Wildman–Crippen LogP) is 6.55. The van der Waals surface area contributed by atoms with E-state index in [2.05, 4.69) is 4.85 Å². The second-order valence-electron chi connectivity index (χ2n) is 5.03. The zero-order valence-corrected chi connectivity index (χ0v) is 14.8. The molecule has 0 N–H and O–H groups in total. The van der Waals surface area contributed by atoms with E-state index in [0.29, 0.717) is 0 Å². The molecule has 26 heavy (non-hydrogen) atoms. The Bertz CT molecular complexity index is 1030. The fraction of sp³-hybridized carbons (Fsp3) is 0.118. The predicted molar refractivity (Wildman–Crippen MR) is 91.4 cm³/mol. The molecule has 0 radical (unpaired) electrons. The van der Waals surface area contributed by atoms with Crippen molar-refractivity contribution >= 4 is 40.5 Å². The Labute approximate surface area is 161 Å². The Morgan fingerprint density at radius 2 is 1.58 bits per heavy atom. The number of rotatable bonds is 2. The smallest absolute Gasteiger partial charge is 0.238 e. The minimum Gasteiger partial charge on any atom is -0.238 e. The molecule has 0 atom stereocenters. The van der Waals surface area contributed by atoms with Gasteiger partial charge in [0.25, 0.3) is 0 Å². The van der Waals surface area contributed by atoms with Crippen LogP contribution in [0.1, 0.15) is 27.8 Å². The van der Waals surface area contributed by atoms with Gasteiger partial charge < -0.3 is 0 Å². The molecule has 0 aliphatic carbocycles. The standard InChI is InChI=1S/C17H5Cl3F3N3/c1-26-13-3-2-8(5-12(13)17(21,22)23)4-9-10(6-24)15(19)16(20)11(7-25)14(9)18/h2-3,5H,4H2. The number of hydrogen-bond donors (Lipinski definition) is 0. The summed E-state index contributed by atoms with van der Waals surface area (Å²) in [5.41, 5.74) is -1.70. The summed E-state index contributed by atoms with van der Waals surface area (Å²) in [4.78, 5) is 2.86. The van der Waals surface area contributed by atoms with Crippen LogP contribution in [-0.4, -0.2) is 0 Å². The maximum atomic E-state index is 13.1. The second kappa shape index (κ2) is 7.44. The molecule has 0 unspecified atom stereocenters. The quantitative estimate of drug-likeness (QED) is 0.413. The summed E-state index contributed by atoms with van der Waals surface area (Å²) in [5, 5.41) is 17.9. The molecule has 0 spiro atoms. The van der Waals surface area contributed by atoms with Crippen LogP contribution in [0.15, 0.2) is 18.2 Å². The van der Waals surface area contributed by atoms with Crippen LogP contribution < -0.4 is 0 Å². The maximum Gasteiger partial charge on any atom is 0.407 e. The highest BCUT2D eigenvalue weighted by atomic mass is 35.5. The Balaban J connectivity index is 2.68. The van der Waals surface area contributed by atoms with Crippen LogP contribution in [0.2, 0.25) is 15.1 Å². The van der Waals surface area contributed by atoms with Gasteiger partial charge in [-0.15, -0.1) is 0 Å². The van der Waals surface area contributed by atoms with Gasteiger partial charge in [-0.2, -0.15) is 23.7 Å². The molecule has 0 saturated carbocycles. The minimum atomic E-state index is -4.72. The molecule has 0 saturated heterocycles. The molecule has 130 valence electrons. The zero-order chi connectivity index (χ0) is 19.6. The Kier molecular flexibility index (Phi) is 5.69. The van der Waals surface area contributed by atoms with E-state index in [1.165, 1.54) is 6.07 Å². The summed E-state index contributed by atoms with van der Waals surface area (Å²) in [7, 11) is 0. The van der Waals surface area contributed by atoms with E-state index in [0.717, 1.165) is 12.1 Å². The van der Waals surface area contributed by atoms with Crippen LogP contribution in [0, 0.1) is 29.2 Å². The van der Waals surface area contributed by atoms with E-state index in [-0.39, 0.29) is 43.7 Å². The highest BCUT2D eigenvalue weighted by molar-refractivity contribution is 6.45. The van der Waals surface area contributed by atoms with E-state index in [9.17, 15) is 18.4 Å². The first kappa shape index (κ1) is 19.9. The van der Waals surface area contributed by atoms with Gasteiger partial charge in [0.05, 0.1) is 38.3 Å². The molecule has 0 aromatic heterocycles. The average Bonchev–Trinajstić information content (AvgIpc) is 2.59. The van der Waals surface area contributed by atoms with Crippen LogP contribution >= 0.6 is 34.8 Å². The van der Waals surface area contributed by atoms with Gasteiger partial charge >= 0.3 is 6.18 Å². The lowest BCUT2D eigenvalue weighted by Crippen LogP contribution is -2.06.